The van der Waals surface area contributed by atoms with Gasteiger partial charge in [0, 0.05) is 37.4 Å². The van der Waals surface area contributed by atoms with Crippen molar-refractivity contribution in [1.29, 1.82) is 0 Å². The summed E-state index contributed by atoms with van der Waals surface area (Å²) in [4.78, 5) is 6.48. The summed E-state index contributed by atoms with van der Waals surface area (Å²) in [6.45, 7) is 0.988. The second-order valence-electron chi connectivity index (χ2n) is 7.16. The molecule has 0 radical (unpaired) electrons. The van der Waals surface area contributed by atoms with Crippen LogP contribution in [0.25, 0.3) is 5.69 Å². The van der Waals surface area contributed by atoms with Crippen molar-refractivity contribution >= 4 is 17.3 Å². The lowest BCUT2D eigenvalue weighted by atomic mass is 10.0. The van der Waals surface area contributed by atoms with Crippen LogP contribution in [0.5, 0.6) is 0 Å². The van der Waals surface area contributed by atoms with Crippen LogP contribution in [-0.2, 0) is 10.9 Å². The largest absolute Gasteiger partial charge is 0.416 e. The normalized spacial score (nSPS) is 19.0. The molecule has 0 spiro atoms. The molecule has 3 heterocycles. The minimum Gasteiger partial charge on any atom is -0.383 e. The predicted molar refractivity (Wildman–Crippen MR) is 115 cm³/mol. The van der Waals surface area contributed by atoms with Gasteiger partial charge in [-0.25, -0.2) is 0 Å². The Hall–Kier alpha value is -2.91. The molecule has 1 aliphatic heterocycles. The average molecular weight is 446 g/mol. The lowest BCUT2D eigenvalue weighted by molar-refractivity contribution is -0.137. The van der Waals surface area contributed by atoms with E-state index in [0.717, 1.165) is 23.5 Å². The van der Waals surface area contributed by atoms with E-state index in [1.165, 1.54) is 6.07 Å². The minimum absolute atomic E-state index is 0.259. The van der Waals surface area contributed by atoms with Crippen molar-refractivity contribution in [2.24, 2.45) is 0 Å². The first-order chi connectivity index (χ1) is 14.9. The van der Waals surface area contributed by atoms with E-state index in [1.807, 2.05) is 35.2 Å². The number of alkyl halides is 3. The fourth-order valence-corrected chi connectivity index (χ4v) is 4.19. The van der Waals surface area contributed by atoms with Gasteiger partial charge in [-0.15, -0.1) is 0 Å². The van der Waals surface area contributed by atoms with Gasteiger partial charge in [-0.05, 0) is 54.7 Å². The van der Waals surface area contributed by atoms with Crippen LogP contribution < -0.4 is 5.32 Å². The summed E-state index contributed by atoms with van der Waals surface area (Å²) in [6.07, 6.45) is -0.947. The van der Waals surface area contributed by atoms with Crippen molar-refractivity contribution in [2.45, 2.75) is 18.3 Å². The molecule has 4 rings (SSSR count). The van der Waals surface area contributed by atoms with E-state index >= 15 is 0 Å². The van der Waals surface area contributed by atoms with Crippen LogP contribution in [0.3, 0.4) is 0 Å². The van der Waals surface area contributed by atoms with Gasteiger partial charge in [0.15, 0.2) is 5.11 Å². The van der Waals surface area contributed by atoms with Gasteiger partial charge in [-0.1, -0.05) is 12.1 Å². The quantitative estimate of drug-likeness (QED) is 0.565. The van der Waals surface area contributed by atoms with Crippen molar-refractivity contribution in [2.75, 3.05) is 20.3 Å². The summed E-state index contributed by atoms with van der Waals surface area (Å²) in [6, 6.07) is 14.1. The summed E-state index contributed by atoms with van der Waals surface area (Å²) in [5.74, 6) is 0. The summed E-state index contributed by atoms with van der Waals surface area (Å²) in [5.41, 5.74) is 1.34. The molecule has 0 aliphatic carbocycles. The van der Waals surface area contributed by atoms with Crippen molar-refractivity contribution in [1.82, 2.24) is 19.8 Å². The lowest BCUT2D eigenvalue weighted by Crippen LogP contribution is -2.33. The number of thiocarbonyl (C=S) groups is 1. The molecule has 5 nitrogen and oxygen atoms in total. The second kappa shape index (κ2) is 8.68. The maximum Gasteiger partial charge on any atom is 0.416 e. The van der Waals surface area contributed by atoms with Crippen LogP contribution in [-0.4, -0.2) is 39.8 Å². The highest BCUT2D eigenvalue weighted by molar-refractivity contribution is 7.80. The van der Waals surface area contributed by atoms with Gasteiger partial charge in [0.2, 0.25) is 0 Å². The number of aromatic nitrogens is 2. The molecule has 3 aromatic rings. The van der Waals surface area contributed by atoms with Crippen molar-refractivity contribution in [3.8, 4) is 5.69 Å². The summed E-state index contributed by atoms with van der Waals surface area (Å²) >= 11 is 5.58. The van der Waals surface area contributed by atoms with Crippen LogP contribution >= 0.6 is 12.2 Å². The number of benzene rings is 1. The number of nitrogens with one attached hydrogen (secondary N) is 1. The molecule has 0 saturated carbocycles. The van der Waals surface area contributed by atoms with Crippen molar-refractivity contribution < 1.29 is 17.9 Å². The average Bonchev–Trinajstić information content (AvgIpc) is 3.36. The highest BCUT2D eigenvalue weighted by Crippen LogP contribution is 2.39. The number of hydrogen-bond acceptors (Lipinski definition) is 3. The smallest absolute Gasteiger partial charge is 0.383 e. The topological polar surface area (TPSA) is 42.3 Å². The van der Waals surface area contributed by atoms with Crippen LogP contribution in [0.15, 0.2) is 67.0 Å². The molecule has 1 N–H and O–H groups in total. The van der Waals surface area contributed by atoms with E-state index in [1.54, 1.807) is 30.1 Å². The van der Waals surface area contributed by atoms with Crippen LogP contribution in [0.4, 0.5) is 13.2 Å². The maximum atomic E-state index is 13.3. The van der Waals surface area contributed by atoms with E-state index in [0.29, 0.717) is 24.0 Å². The Kier molecular flexibility index (Phi) is 5.97. The van der Waals surface area contributed by atoms with E-state index in [4.69, 9.17) is 17.0 Å². The van der Waals surface area contributed by atoms with E-state index in [2.05, 4.69) is 10.3 Å². The Bertz CT molecular complexity index is 1050. The van der Waals surface area contributed by atoms with Gasteiger partial charge in [-0.3, -0.25) is 4.98 Å². The molecule has 1 aliphatic rings. The molecule has 1 saturated heterocycles. The highest BCUT2D eigenvalue weighted by Gasteiger charge is 2.41. The number of halogens is 3. The monoisotopic (exact) mass is 446 g/mol. The number of hydrogen-bond donors (Lipinski definition) is 1. The first-order valence-electron chi connectivity index (χ1n) is 9.72. The van der Waals surface area contributed by atoms with Crippen molar-refractivity contribution in [3.63, 3.8) is 0 Å². The van der Waals surface area contributed by atoms with Gasteiger partial charge < -0.3 is 19.5 Å². The first kappa shape index (κ1) is 21.3. The molecule has 1 aromatic carbocycles. The maximum absolute atomic E-state index is 13.3. The third kappa shape index (κ3) is 4.28. The molecular weight excluding hydrogens is 425 g/mol. The number of nitrogens with zero attached hydrogens (tertiary/aromatic N) is 3. The van der Waals surface area contributed by atoms with E-state index < -0.39 is 11.7 Å². The van der Waals surface area contributed by atoms with E-state index in [-0.39, 0.29) is 12.1 Å². The van der Waals surface area contributed by atoms with Crippen LogP contribution in [0, 0.1) is 0 Å². The standard InChI is InChI=1S/C22H21F3N4OS/c1-30-13-12-29-20(19(27-21(29)31)17-8-2-3-10-26-17)18-9-5-11-28(18)16-7-4-6-15(14-16)22(23,24)25/h2-11,14,19-20H,12-13H2,1H3,(H,27,31)/t19-,20-/m1/s1. The first-order valence-corrected chi connectivity index (χ1v) is 10.1. The van der Waals surface area contributed by atoms with E-state index in [9.17, 15) is 13.2 Å². The summed E-state index contributed by atoms with van der Waals surface area (Å²) in [7, 11) is 1.61. The molecule has 0 bridgehead atoms. The fourth-order valence-electron chi connectivity index (χ4n) is 3.86. The molecule has 0 amide bonds. The SMILES string of the molecule is COCCN1C(=S)N[C@H](c2ccccn2)[C@H]1c1cccn1-c1cccc(C(F)(F)F)c1. The Balaban J connectivity index is 1.79. The predicted octanol–water partition coefficient (Wildman–Crippen LogP) is 4.51. The molecule has 2 aromatic heterocycles. The molecular formula is C22H21F3N4OS. The third-order valence-electron chi connectivity index (χ3n) is 5.27. The molecule has 31 heavy (non-hydrogen) atoms. The Labute approximate surface area is 183 Å². The Morgan fingerprint density at radius 2 is 1.97 bits per heavy atom. The van der Waals surface area contributed by atoms with Crippen molar-refractivity contribution in [3.05, 3.63) is 83.9 Å². The van der Waals surface area contributed by atoms with Gasteiger partial charge >= 0.3 is 6.18 Å². The number of rotatable bonds is 6. The zero-order chi connectivity index (χ0) is 22.0. The van der Waals surface area contributed by atoms with Gasteiger partial charge in [0.25, 0.3) is 0 Å². The zero-order valence-corrected chi connectivity index (χ0v) is 17.5. The highest BCUT2D eigenvalue weighted by atomic mass is 32.1. The third-order valence-corrected chi connectivity index (χ3v) is 5.62. The number of pyridine rings is 1. The van der Waals surface area contributed by atoms with Gasteiger partial charge in [0.05, 0.1) is 29.9 Å². The van der Waals surface area contributed by atoms with Gasteiger partial charge in [-0.2, -0.15) is 13.2 Å². The molecule has 162 valence electrons. The van der Waals surface area contributed by atoms with Crippen LogP contribution in [0.2, 0.25) is 0 Å². The number of ether oxygens (including phenoxy) is 1. The molecule has 2 atom stereocenters. The Morgan fingerprint density at radius 1 is 1.13 bits per heavy atom. The van der Waals surface area contributed by atoms with Crippen LogP contribution in [0.1, 0.15) is 29.0 Å². The second-order valence-corrected chi connectivity index (χ2v) is 7.55. The molecule has 0 unspecified atom stereocenters. The lowest BCUT2D eigenvalue weighted by Gasteiger charge is -2.28. The Morgan fingerprint density at radius 3 is 2.68 bits per heavy atom. The molecule has 1 fully saturated rings. The fraction of sp³-hybridized carbons (Fsp3) is 0.273. The summed E-state index contributed by atoms with van der Waals surface area (Å²) in [5, 5.41) is 3.88. The molecule has 9 heteroatoms. The minimum atomic E-state index is -4.42. The van der Waals surface area contributed by atoms with Gasteiger partial charge in [0.1, 0.15) is 0 Å². The zero-order valence-electron chi connectivity index (χ0n) is 16.7. The summed E-state index contributed by atoms with van der Waals surface area (Å²) < 4.78 is 46.9. The number of methoxy groups -OCH3 is 1.